The molecule has 6 heteroatoms. The van der Waals surface area contributed by atoms with Gasteiger partial charge in [0.1, 0.15) is 11.7 Å². The van der Waals surface area contributed by atoms with E-state index in [2.05, 4.69) is 9.97 Å². The summed E-state index contributed by atoms with van der Waals surface area (Å²) in [6.45, 7) is 3.65. The Kier molecular flexibility index (Phi) is 5.95. The first kappa shape index (κ1) is 15.6. The van der Waals surface area contributed by atoms with E-state index in [-0.39, 0.29) is 11.5 Å². The normalized spacial score (nSPS) is 11.1. The molecule has 0 aliphatic carbocycles. The van der Waals surface area contributed by atoms with Crippen molar-refractivity contribution in [1.29, 1.82) is 0 Å². The maximum atomic E-state index is 12.3. The third-order valence-electron chi connectivity index (χ3n) is 3.22. The largest absolute Gasteiger partial charge is 0.468 e. The minimum atomic E-state index is -1.03. The second kappa shape index (κ2) is 7.23. The summed E-state index contributed by atoms with van der Waals surface area (Å²) in [5, 5.41) is 0.717. The van der Waals surface area contributed by atoms with Crippen LogP contribution in [0.4, 0.5) is 0 Å². The number of esters is 1. The van der Waals surface area contributed by atoms with Gasteiger partial charge in [-0.1, -0.05) is 25.6 Å². The summed E-state index contributed by atoms with van der Waals surface area (Å²) >= 11 is 1.31. The lowest BCUT2D eigenvalue weighted by Crippen LogP contribution is -2.40. The van der Waals surface area contributed by atoms with Gasteiger partial charge in [0.05, 0.1) is 17.9 Å². The number of carbonyl (C=O) groups is 2. The van der Waals surface area contributed by atoms with Gasteiger partial charge in [-0.2, -0.15) is 0 Å². The Hall–Kier alpha value is -1.43. The molecule has 1 aromatic rings. The number of hydrogen-bond acceptors (Lipinski definition) is 6. The molecule has 1 heterocycles. The molecule has 0 spiro atoms. The molecule has 0 saturated carbocycles. The Morgan fingerprint density at radius 3 is 2.53 bits per heavy atom. The molecule has 0 unspecified atom stereocenters. The maximum absolute atomic E-state index is 12.3. The van der Waals surface area contributed by atoms with E-state index in [4.69, 9.17) is 4.74 Å². The van der Waals surface area contributed by atoms with Crippen molar-refractivity contribution >= 4 is 23.5 Å². The van der Waals surface area contributed by atoms with Gasteiger partial charge < -0.3 is 4.74 Å². The van der Waals surface area contributed by atoms with Gasteiger partial charge in [0, 0.05) is 6.20 Å². The molecule has 0 bridgehead atoms. The van der Waals surface area contributed by atoms with Crippen LogP contribution in [0.15, 0.2) is 23.6 Å². The van der Waals surface area contributed by atoms with E-state index in [9.17, 15) is 9.59 Å². The fraction of sp³-hybridized carbons (Fsp3) is 0.538. The Morgan fingerprint density at radius 1 is 1.37 bits per heavy atom. The lowest BCUT2D eigenvalue weighted by molar-refractivity contribution is -0.157. The monoisotopic (exact) mass is 282 g/mol. The average Bonchev–Trinajstić information content (AvgIpc) is 2.47. The second-order valence-electron chi connectivity index (χ2n) is 4.04. The molecule has 0 atom stereocenters. The van der Waals surface area contributed by atoms with Gasteiger partial charge >= 0.3 is 5.97 Å². The molecular formula is C13H18N2O3S. The van der Waals surface area contributed by atoms with Crippen molar-refractivity contribution in [1.82, 2.24) is 9.97 Å². The summed E-state index contributed by atoms with van der Waals surface area (Å²) in [5.74, 6) is -0.368. The van der Waals surface area contributed by atoms with Crippen molar-refractivity contribution in [3.8, 4) is 0 Å². The van der Waals surface area contributed by atoms with E-state index in [1.807, 2.05) is 13.8 Å². The summed E-state index contributed by atoms with van der Waals surface area (Å²) in [6.07, 6.45) is 3.94. The molecule has 0 N–H and O–H groups in total. The highest BCUT2D eigenvalue weighted by molar-refractivity contribution is 7.99. The molecule has 1 aromatic heterocycles. The van der Waals surface area contributed by atoms with Crippen LogP contribution in [0.5, 0.6) is 0 Å². The highest BCUT2D eigenvalue weighted by Gasteiger charge is 2.43. The number of Topliss-reactive ketones (excluding diaryl/α,β-unsaturated/α-hetero) is 1. The molecule has 1 rings (SSSR count). The number of nitrogens with zero attached hydrogens (tertiary/aromatic N) is 2. The van der Waals surface area contributed by atoms with Crippen molar-refractivity contribution in [2.24, 2.45) is 5.41 Å². The Bertz CT molecular complexity index is 433. The van der Waals surface area contributed by atoms with Crippen LogP contribution in [-0.4, -0.2) is 34.6 Å². The molecule has 104 valence electrons. The SMILES string of the molecule is CCC(CC)(C(=O)CSc1ccncn1)C(=O)OC. The van der Waals surface area contributed by atoms with E-state index in [0.29, 0.717) is 17.9 Å². The molecule has 0 amide bonds. The zero-order valence-corrected chi connectivity index (χ0v) is 12.2. The Labute approximate surface area is 117 Å². The van der Waals surface area contributed by atoms with E-state index in [1.165, 1.54) is 25.2 Å². The van der Waals surface area contributed by atoms with Gasteiger partial charge in [0.2, 0.25) is 0 Å². The first-order chi connectivity index (χ1) is 9.10. The fourth-order valence-corrected chi connectivity index (χ4v) is 2.72. The zero-order valence-electron chi connectivity index (χ0n) is 11.4. The van der Waals surface area contributed by atoms with E-state index < -0.39 is 11.4 Å². The smallest absolute Gasteiger partial charge is 0.319 e. The summed E-state index contributed by atoms with van der Waals surface area (Å²) in [6, 6.07) is 1.73. The third-order valence-corrected chi connectivity index (χ3v) is 4.17. The lowest BCUT2D eigenvalue weighted by Gasteiger charge is -2.26. The predicted octanol–water partition coefficient (Wildman–Crippen LogP) is 2.12. The number of rotatable bonds is 7. The minimum absolute atomic E-state index is 0.118. The average molecular weight is 282 g/mol. The Balaban J connectivity index is 2.76. The molecule has 0 fully saturated rings. The van der Waals surface area contributed by atoms with Gasteiger partial charge in [-0.25, -0.2) is 9.97 Å². The molecule has 0 radical (unpaired) electrons. The number of aromatic nitrogens is 2. The van der Waals surface area contributed by atoms with Crippen LogP contribution in [-0.2, 0) is 14.3 Å². The highest BCUT2D eigenvalue weighted by atomic mass is 32.2. The number of methoxy groups -OCH3 is 1. The summed E-state index contributed by atoms with van der Waals surface area (Å²) in [7, 11) is 1.31. The highest BCUT2D eigenvalue weighted by Crippen LogP contribution is 2.31. The molecule has 0 saturated heterocycles. The molecule has 0 aliphatic heterocycles. The first-order valence-electron chi connectivity index (χ1n) is 6.11. The quantitative estimate of drug-likeness (QED) is 0.330. The van der Waals surface area contributed by atoms with E-state index in [1.54, 1.807) is 12.3 Å². The number of ketones is 1. The van der Waals surface area contributed by atoms with Crippen LogP contribution in [0.3, 0.4) is 0 Å². The van der Waals surface area contributed by atoms with E-state index in [0.717, 1.165) is 0 Å². The molecule has 19 heavy (non-hydrogen) atoms. The van der Waals surface area contributed by atoms with Crippen molar-refractivity contribution in [2.45, 2.75) is 31.7 Å². The van der Waals surface area contributed by atoms with Crippen molar-refractivity contribution in [3.63, 3.8) is 0 Å². The number of hydrogen-bond donors (Lipinski definition) is 0. The topological polar surface area (TPSA) is 69.2 Å². The summed E-state index contributed by atoms with van der Waals surface area (Å²) < 4.78 is 4.78. The molecule has 0 aliphatic rings. The van der Waals surface area contributed by atoms with Crippen molar-refractivity contribution < 1.29 is 14.3 Å². The number of carbonyl (C=O) groups excluding carboxylic acids is 2. The van der Waals surface area contributed by atoms with Crippen LogP contribution in [0, 0.1) is 5.41 Å². The minimum Gasteiger partial charge on any atom is -0.468 e. The number of thioether (sulfide) groups is 1. The maximum Gasteiger partial charge on any atom is 0.319 e. The van der Waals surface area contributed by atoms with Crippen molar-refractivity contribution in [2.75, 3.05) is 12.9 Å². The standard InChI is InChI=1S/C13H18N2O3S/c1-4-13(5-2,12(17)18-3)10(16)8-19-11-6-7-14-9-15-11/h6-7,9H,4-5,8H2,1-3H3. The summed E-state index contributed by atoms with van der Waals surface area (Å²) in [4.78, 5) is 32.1. The van der Waals surface area contributed by atoms with Crippen LogP contribution >= 0.6 is 11.8 Å². The zero-order chi connectivity index (χ0) is 14.3. The van der Waals surface area contributed by atoms with Crippen LogP contribution in [0.25, 0.3) is 0 Å². The van der Waals surface area contributed by atoms with Gasteiger partial charge in [0.15, 0.2) is 5.78 Å². The first-order valence-corrected chi connectivity index (χ1v) is 7.09. The number of ether oxygens (including phenoxy) is 1. The lowest BCUT2D eigenvalue weighted by atomic mass is 9.79. The van der Waals surface area contributed by atoms with Crippen LogP contribution in [0.1, 0.15) is 26.7 Å². The van der Waals surface area contributed by atoms with Gasteiger partial charge in [0.25, 0.3) is 0 Å². The van der Waals surface area contributed by atoms with Crippen LogP contribution < -0.4 is 0 Å². The van der Waals surface area contributed by atoms with Crippen molar-refractivity contribution in [3.05, 3.63) is 18.6 Å². The van der Waals surface area contributed by atoms with Crippen LogP contribution in [0.2, 0.25) is 0 Å². The molecular weight excluding hydrogens is 264 g/mol. The van der Waals surface area contributed by atoms with E-state index >= 15 is 0 Å². The fourth-order valence-electron chi connectivity index (χ4n) is 1.88. The predicted molar refractivity (Wildman–Crippen MR) is 72.8 cm³/mol. The summed E-state index contributed by atoms with van der Waals surface area (Å²) in [5.41, 5.74) is -1.03. The molecule has 5 nitrogen and oxygen atoms in total. The van der Waals surface area contributed by atoms with Gasteiger partial charge in [-0.3, -0.25) is 9.59 Å². The second-order valence-corrected chi connectivity index (χ2v) is 5.04. The molecule has 0 aromatic carbocycles. The van der Waals surface area contributed by atoms with Gasteiger partial charge in [-0.15, -0.1) is 0 Å². The van der Waals surface area contributed by atoms with Gasteiger partial charge in [-0.05, 0) is 18.9 Å². The Morgan fingerprint density at radius 2 is 2.05 bits per heavy atom. The third kappa shape index (κ3) is 3.53.